The molecule has 1 aliphatic rings. The van der Waals surface area contributed by atoms with Crippen LogP contribution in [0, 0.1) is 0 Å². The summed E-state index contributed by atoms with van der Waals surface area (Å²) in [6, 6.07) is 0.304. The molecule has 0 saturated carbocycles. The number of allylic oxidation sites excluding steroid dienone is 2. The van der Waals surface area contributed by atoms with E-state index in [2.05, 4.69) is 13.5 Å². The third-order valence-corrected chi connectivity index (χ3v) is 2.03. The molecule has 1 rings (SSSR count). The van der Waals surface area contributed by atoms with Crippen LogP contribution in [-0.2, 0) is 0 Å². The summed E-state index contributed by atoms with van der Waals surface area (Å²) < 4.78 is 0. The Bertz CT molecular complexity index is 156. The maximum absolute atomic E-state index is 5.74. The molecule has 50 valence electrons. The van der Waals surface area contributed by atoms with Gasteiger partial charge in [0.05, 0.1) is 0 Å². The van der Waals surface area contributed by atoms with Crippen molar-refractivity contribution >= 4 is 0 Å². The highest BCUT2D eigenvalue weighted by Gasteiger charge is 2.15. The minimum atomic E-state index is 0.304. The summed E-state index contributed by atoms with van der Waals surface area (Å²) in [6.45, 7) is 5.81. The lowest BCUT2D eigenvalue weighted by Crippen LogP contribution is -2.16. The van der Waals surface area contributed by atoms with E-state index in [4.69, 9.17) is 5.73 Å². The van der Waals surface area contributed by atoms with Crippen molar-refractivity contribution < 1.29 is 0 Å². The average Bonchev–Trinajstić information content (AvgIpc) is 2.15. The Labute approximate surface area is 56.2 Å². The predicted molar refractivity (Wildman–Crippen MR) is 40.1 cm³/mol. The van der Waals surface area contributed by atoms with Crippen molar-refractivity contribution in [1.82, 2.24) is 0 Å². The quantitative estimate of drug-likeness (QED) is 0.563. The molecule has 0 spiro atoms. The summed E-state index contributed by atoms with van der Waals surface area (Å²) >= 11 is 0. The Kier molecular flexibility index (Phi) is 1.72. The number of rotatable bonds is 1. The molecular weight excluding hydrogens is 110 g/mol. The van der Waals surface area contributed by atoms with Gasteiger partial charge in [0.25, 0.3) is 0 Å². The number of hydrogen-bond acceptors (Lipinski definition) is 1. The Hall–Kier alpha value is -0.560. The smallest absolute Gasteiger partial charge is 0.0259 e. The van der Waals surface area contributed by atoms with Gasteiger partial charge in [-0.05, 0) is 25.3 Å². The maximum atomic E-state index is 5.74. The fraction of sp³-hybridized carbons (Fsp3) is 0.500. The van der Waals surface area contributed by atoms with E-state index >= 15 is 0 Å². The van der Waals surface area contributed by atoms with Crippen LogP contribution in [0.1, 0.15) is 19.8 Å². The second kappa shape index (κ2) is 2.36. The fourth-order valence-corrected chi connectivity index (χ4v) is 1.23. The number of hydrogen-bond donors (Lipinski definition) is 1. The summed E-state index contributed by atoms with van der Waals surface area (Å²) in [5.74, 6) is 0. The van der Waals surface area contributed by atoms with Gasteiger partial charge in [-0.15, -0.1) is 0 Å². The van der Waals surface area contributed by atoms with Crippen LogP contribution in [0.2, 0.25) is 0 Å². The van der Waals surface area contributed by atoms with E-state index in [1.54, 1.807) is 0 Å². The molecule has 0 bridgehead atoms. The van der Waals surface area contributed by atoms with Crippen molar-refractivity contribution in [3.05, 3.63) is 23.8 Å². The van der Waals surface area contributed by atoms with Crippen LogP contribution < -0.4 is 5.73 Å². The van der Waals surface area contributed by atoms with Gasteiger partial charge in [-0.1, -0.05) is 18.2 Å². The largest absolute Gasteiger partial charge is 0.324 e. The van der Waals surface area contributed by atoms with Crippen LogP contribution in [0.5, 0.6) is 0 Å². The van der Waals surface area contributed by atoms with Crippen molar-refractivity contribution in [2.24, 2.45) is 5.73 Å². The molecule has 9 heavy (non-hydrogen) atoms. The van der Waals surface area contributed by atoms with Crippen LogP contribution in [0.4, 0.5) is 0 Å². The van der Waals surface area contributed by atoms with Gasteiger partial charge in [-0.25, -0.2) is 0 Å². The van der Waals surface area contributed by atoms with Gasteiger partial charge < -0.3 is 5.73 Å². The van der Waals surface area contributed by atoms with Gasteiger partial charge in [0.15, 0.2) is 0 Å². The zero-order chi connectivity index (χ0) is 6.85. The molecule has 0 aromatic heterocycles. The Balaban J connectivity index is 2.79. The highest BCUT2D eigenvalue weighted by molar-refractivity contribution is 5.30. The third-order valence-electron chi connectivity index (χ3n) is 2.03. The standard InChI is InChI=1S/C8H13N/c1-3-7-4-5-8(9)6(7)2/h3,8H,1,4-5,9H2,2H3. The van der Waals surface area contributed by atoms with Crippen LogP contribution in [0.3, 0.4) is 0 Å². The third kappa shape index (κ3) is 1.06. The van der Waals surface area contributed by atoms with E-state index in [9.17, 15) is 0 Å². The van der Waals surface area contributed by atoms with Crippen molar-refractivity contribution in [1.29, 1.82) is 0 Å². The van der Waals surface area contributed by atoms with Gasteiger partial charge in [-0.2, -0.15) is 0 Å². The molecule has 1 atom stereocenters. The molecule has 1 heteroatoms. The minimum absolute atomic E-state index is 0.304. The van der Waals surface area contributed by atoms with E-state index in [1.165, 1.54) is 11.1 Å². The van der Waals surface area contributed by atoms with E-state index in [-0.39, 0.29) is 0 Å². The lowest BCUT2D eigenvalue weighted by molar-refractivity contribution is 0.750. The van der Waals surface area contributed by atoms with Crippen molar-refractivity contribution in [2.45, 2.75) is 25.8 Å². The van der Waals surface area contributed by atoms with E-state index in [0.717, 1.165) is 12.8 Å². The average molecular weight is 123 g/mol. The molecule has 0 radical (unpaired) electrons. The van der Waals surface area contributed by atoms with Crippen LogP contribution in [0.15, 0.2) is 23.8 Å². The Morgan fingerprint density at radius 1 is 1.78 bits per heavy atom. The van der Waals surface area contributed by atoms with Gasteiger partial charge in [0.2, 0.25) is 0 Å². The summed E-state index contributed by atoms with van der Waals surface area (Å²) in [5, 5.41) is 0. The molecule has 1 unspecified atom stereocenters. The molecule has 1 nitrogen and oxygen atoms in total. The summed E-state index contributed by atoms with van der Waals surface area (Å²) in [4.78, 5) is 0. The lowest BCUT2D eigenvalue weighted by atomic mass is 10.1. The van der Waals surface area contributed by atoms with E-state index < -0.39 is 0 Å². The molecule has 2 N–H and O–H groups in total. The van der Waals surface area contributed by atoms with Crippen LogP contribution in [-0.4, -0.2) is 6.04 Å². The van der Waals surface area contributed by atoms with Crippen LogP contribution in [0.25, 0.3) is 0 Å². The molecule has 1 aliphatic carbocycles. The first-order chi connectivity index (χ1) is 4.25. The van der Waals surface area contributed by atoms with Crippen LogP contribution >= 0.6 is 0 Å². The first-order valence-electron chi connectivity index (χ1n) is 3.33. The monoisotopic (exact) mass is 123 g/mol. The van der Waals surface area contributed by atoms with Crippen molar-refractivity contribution in [2.75, 3.05) is 0 Å². The minimum Gasteiger partial charge on any atom is -0.324 e. The molecule has 0 heterocycles. The molecule has 0 aromatic carbocycles. The maximum Gasteiger partial charge on any atom is 0.0259 e. The van der Waals surface area contributed by atoms with Gasteiger partial charge >= 0.3 is 0 Å². The summed E-state index contributed by atoms with van der Waals surface area (Å²) in [6.07, 6.45) is 4.14. The van der Waals surface area contributed by atoms with E-state index in [0.29, 0.717) is 6.04 Å². The molecule has 0 fully saturated rings. The molecule has 0 aromatic rings. The number of nitrogens with two attached hydrogens (primary N) is 1. The Morgan fingerprint density at radius 3 is 2.67 bits per heavy atom. The lowest BCUT2D eigenvalue weighted by Gasteiger charge is -2.00. The van der Waals surface area contributed by atoms with Crippen molar-refractivity contribution in [3.63, 3.8) is 0 Å². The topological polar surface area (TPSA) is 26.0 Å². The van der Waals surface area contributed by atoms with Gasteiger partial charge in [-0.3, -0.25) is 0 Å². The van der Waals surface area contributed by atoms with E-state index in [1.807, 2.05) is 6.08 Å². The van der Waals surface area contributed by atoms with Gasteiger partial charge in [0, 0.05) is 6.04 Å². The normalized spacial score (nSPS) is 27.1. The molecule has 0 aliphatic heterocycles. The first-order valence-corrected chi connectivity index (χ1v) is 3.33. The van der Waals surface area contributed by atoms with Crippen molar-refractivity contribution in [3.8, 4) is 0 Å². The Morgan fingerprint density at radius 2 is 2.44 bits per heavy atom. The summed E-state index contributed by atoms with van der Waals surface area (Å²) in [7, 11) is 0. The second-order valence-corrected chi connectivity index (χ2v) is 2.56. The zero-order valence-corrected chi connectivity index (χ0v) is 5.85. The zero-order valence-electron chi connectivity index (χ0n) is 5.85. The molecular formula is C8H13N. The highest BCUT2D eigenvalue weighted by atomic mass is 14.6. The predicted octanol–water partition coefficient (Wildman–Crippen LogP) is 1.61. The highest BCUT2D eigenvalue weighted by Crippen LogP contribution is 2.24. The molecule has 0 amide bonds. The van der Waals surface area contributed by atoms with Gasteiger partial charge in [0.1, 0.15) is 0 Å². The first kappa shape index (κ1) is 6.56. The fourth-order valence-electron chi connectivity index (χ4n) is 1.23. The summed E-state index contributed by atoms with van der Waals surface area (Å²) in [5.41, 5.74) is 8.41. The second-order valence-electron chi connectivity index (χ2n) is 2.56. The SMILES string of the molecule is C=CC1=C(C)C(N)CC1. The molecule has 0 saturated heterocycles.